The van der Waals surface area contributed by atoms with Crippen LogP contribution < -0.4 is 10.1 Å². The maximum Gasteiger partial charge on any atom is 0.122 e. The van der Waals surface area contributed by atoms with E-state index >= 15 is 0 Å². The van der Waals surface area contributed by atoms with E-state index in [1.165, 1.54) is 17.5 Å². The van der Waals surface area contributed by atoms with E-state index in [0.29, 0.717) is 11.8 Å². The number of hydrogen-bond donors (Lipinski definition) is 1. The molecule has 3 rings (SSSR count). The predicted octanol–water partition coefficient (Wildman–Crippen LogP) is 3.95. The molecule has 2 nitrogen and oxygen atoms in total. The van der Waals surface area contributed by atoms with Gasteiger partial charge in [0.05, 0.1) is 7.11 Å². The van der Waals surface area contributed by atoms with Crippen molar-refractivity contribution in [3.05, 3.63) is 65.7 Å². The van der Waals surface area contributed by atoms with Crippen molar-refractivity contribution in [2.45, 2.75) is 24.7 Å². The summed E-state index contributed by atoms with van der Waals surface area (Å²) in [7, 11) is 1.77. The second-order valence-corrected chi connectivity index (χ2v) is 5.69. The van der Waals surface area contributed by atoms with Crippen LogP contribution in [0.4, 0.5) is 0 Å². The highest BCUT2D eigenvalue weighted by Gasteiger charge is 2.28. The Morgan fingerprint density at radius 1 is 0.857 bits per heavy atom. The Morgan fingerprint density at radius 2 is 1.52 bits per heavy atom. The van der Waals surface area contributed by atoms with E-state index in [2.05, 4.69) is 59.9 Å². The van der Waals surface area contributed by atoms with Crippen LogP contribution in [0.25, 0.3) is 0 Å². The molecule has 1 aliphatic rings. The van der Waals surface area contributed by atoms with E-state index in [9.17, 15) is 0 Å². The fourth-order valence-corrected chi connectivity index (χ4v) is 3.49. The van der Waals surface area contributed by atoms with Gasteiger partial charge in [-0.25, -0.2) is 0 Å². The van der Waals surface area contributed by atoms with Gasteiger partial charge in [0, 0.05) is 0 Å². The molecule has 21 heavy (non-hydrogen) atoms. The van der Waals surface area contributed by atoms with Crippen LogP contribution in [0.5, 0.6) is 5.75 Å². The minimum atomic E-state index is 0.513. The van der Waals surface area contributed by atoms with E-state index in [1.807, 2.05) is 0 Å². The summed E-state index contributed by atoms with van der Waals surface area (Å²) in [5.41, 5.74) is 2.79. The molecule has 2 aromatic carbocycles. The molecule has 1 N–H and O–H groups in total. The van der Waals surface area contributed by atoms with E-state index in [4.69, 9.17) is 4.74 Å². The zero-order valence-electron chi connectivity index (χ0n) is 12.6. The lowest BCUT2D eigenvalue weighted by atomic mass is 9.78. The van der Waals surface area contributed by atoms with Crippen molar-refractivity contribution < 1.29 is 4.74 Å². The van der Waals surface area contributed by atoms with Crippen LogP contribution in [0.3, 0.4) is 0 Å². The molecule has 1 fully saturated rings. The quantitative estimate of drug-likeness (QED) is 0.920. The van der Waals surface area contributed by atoms with Gasteiger partial charge in [-0.1, -0.05) is 48.5 Å². The van der Waals surface area contributed by atoms with Gasteiger partial charge in [-0.05, 0) is 55.0 Å². The lowest BCUT2D eigenvalue weighted by Gasteiger charge is -2.27. The number of para-hydroxylation sites is 1. The van der Waals surface area contributed by atoms with Crippen LogP contribution >= 0.6 is 0 Å². The highest BCUT2D eigenvalue weighted by molar-refractivity contribution is 5.39. The van der Waals surface area contributed by atoms with Crippen molar-refractivity contribution in [2.24, 2.45) is 0 Å². The molecular weight excluding hydrogens is 258 g/mol. The second kappa shape index (κ2) is 6.77. The Kier molecular flexibility index (Phi) is 4.56. The Hall–Kier alpha value is -1.80. The summed E-state index contributed by atoms with van der Waals surface area (Å²) in [4.78, 5) is 0. The average molecular weight is 281 g/mol. The summed E-state index contributed by atoms with van der Waals surface area (Å²) in [6.45, 7) is 2.16. The molecule has 0 spiro atoms. The number of benzene rings is 2. The first-order valence-corrected chi connectivity index (χ1v) is 7.78. The van der Waals surface area contributed by atoms with E-state index in [1.54, 1.807) is 7.11 Å². The first-order chi connectivity index (χ1) is 10.4. The van der Waals surface area contributed by atoms with E-state index in [-0.39, 0.29) is 0 Å². The molecule has 2 unspecified atom stereocenters. The van der Waals surface area contributed by atoms with Gasteiger partial charge < -0.3 is 10.1 Å². The van der Waals surface area contributed by atoms with Crippen molar-refractivity contribution in [3.8, 4) is 5.75 Å². The normalized spacial score (nSPS) is 22.5. The van der Waals surface area contributed by atoms with Gasteiger partial charge in [0.1, 0.15) is 5.75 Å². The van der Waals surface area contributed by atoms with Gasteiger partial charge in [0.15, 0.2) is 0 Å². The molecule has 1 heterocycles. The fraction of sp³-hybridized carbons (Fsp3) is 0.368. The zero-order chi connectivity index (χ0) is 14.5. The molecule has 0 aromatic heterocycles. The molecule has 2 atom stereocenters. The van der Waals surface area contributed by atoms with Crippen LogP contribution in [-0.4, -0.2) is 20.2 Å². The fourth-order valence-electron chi connectivity index (χ4n) is 3.49. The van der Waals surface area contributed by atoms with Crippen LogP contribution in [0.15, 0.2) is 54.6 Å². The third-order valence-corrected chi connectivity index (χ3v) is 4.52. The third-order valence-electron chi connectivity index (χ3n) is 4.52. The third kappa shape index (κ3) is 3.11. The summed E-state index contributed by atoms with van der Waals surface area (Å²) in [5, 5.41) is 3.54. The van der Waals surface area contributed by atoms with Crippen molar-refractivity contribution in [1.29, 1.82) is 0 Å². The maximum atomic E-state index is 5.60. The summed E-state index contributed by atoms with van der Waals surface area (Å²) in [6.07, 6.45) is 2.33. The number of nitrogens with one attached hydrogen (secondary N) is 1. The van der Waals surface area contributed by atoms with Crippen molar-refractivity contribution in [1.82, 2.24) is 5.32 Å². The monoisotopic (exact) mass is 281 g/mol. The topological polar surface area (TPSA) is 21.3 Å². The second-order valence-electron chi connectivity index (χ2n) is 5.69. The summed E-state index contributed by atoms with van der Waals surface area (Å²) >= 11 is 0. The molecule has 0 saturated carbocycles. The van der Waals surface area contributed by atoms with Gasteiger partial charge in [-0.3, -0.25) is 0 Å². The number of methoxy groups -OCH3 is 1. The van der Waals surface area contributed by atoms with Gasteiger partial charge in [-0.15, -0.1) is 0 Å². The molecule has 0 radical (unpaired) electrons. The van der Waals surface area contributed by atoms with Crippen LogP contribution in [-0.2, 0) is 0 Å². The molecule has 110 valence electrons. The molecule has 1 aliphatic heterocycles. The van der Waals surface area contributed by atoms with E-state index in [0.717, 1.165) is 25.3 Å². The van der Waals surface area contributed by atoms with Crippen LogP contribution in [0.1, 0.15) is 35.8 Å². The Morgan fingerprint density at radius 3 is 2.29 bits per heavy atom. The minimum Gasteiger partial charge on any atom is -0.496 e. The van der Waals surface area contributed by atoms with Gasteiger partial charge >= 0.3 is 0 Å². The molecule has 2 aromatic rings. The van der Waals surface area contributed by atoms with E-state index < -0.39 is 0 Å². The lowest BCUT2D eigenvalue weighted by Crippen LogP contribution is -2.13. The first-order valence-electron chi connectivity index (χ1n) is 7.78. The lowest BCUT2D eigenvalue weighted by molar-refractivity contribution is 0.398. The minimum absolute atomic E-state index is 0.513. The number of ether oxygens (including phenoxy) is 1. The zero-order valence-corrected chi connectivity index (χ0v) is 12.6. The molecule has 2 heteroatoms. The molecule has 0 aliphatic carbocycles. The molecule has 0 amide bonds. The first kappa shape index (κ1) is 14.2. The largest absolute Gasteiger partial charge is 0.496 e. The smallest absolute Gasteiger partial charge is 0.122 e. The predicted molar refractivity (Wildman–Crippen MR) is 87.0 cm³/mol. The van der Waals surface area contributed by atoms with Gasteiger partial charge in [-0.2, -0.15) is 0 Å². The maximum absolute atomic E-state index is 5.60. The van der Waals surface area contributed by atoms with Crippen molar-refractivity contribution in [2.75, 3.05) is 20.2 Å². The van der Waals surface area contributed by atoms with Crippen molar-refractivity contribution in [3.63, 3.8) is 0 Å². The Bertz CT molecular complexity index is 567. The highest BCUT2D eigenvalue weighted by Crippen LogP contribution is 2.42. The molecule has 1 saturated heterocycles. The van der Waals surface area contributed by atoms with Gasteiger partial charge in [0.2, 0.25) is 0 Å². The Balaban J connectivity index is 1.99. The highest BCUT2D eigenvalue weighted by atomic mass is 16.5. The summed E-state index contributed by atoms with van der Waals surface area (Å²) in [6, 6.07) is 19.4. The van der Waals surface area contributed by atoms with Crippen molar-refractivity contribution >= 4 is 0 Å². The SMILES string of the molecule is COc1ccccc1C1CCNCCC1c1ccccc1. The standard InChI is InChI=1S/C19H23NO/c1-21-19-10-6-5-9-18(19)17-12-14-20-13-11-16(17)15-7-3-2-4-8-15/h2-10,16-17,20H,11-14H2,1H3. The van der Waals surface area contributed by atoms with Crippen LogP contribution in [0, 0.1) is 0 Å². The van der Waals surface area contributed by atoms with Gasteiger partial charge in [0.25, 0.3) is 0 Å². The number of hydrogen-bond acceptors (Lipinski definition) is 2. The van der Waals surface area contributed by atoms with Crippen LogP contribution in [0.2, 0.25) is 0 Å². The average Bonchev–Trinajstić information content (AvgIpc) is 2.81. The molecular formula is C19H23NO. The molecule has 0 bridgehead atoms. The Labute approximate surface area is 127 Å². The number of rotatable bonds is 3. The summed E-state index contributed by atoms with van der Waals surface area (Å²) in [5.74, 6) is 2.08. The summed E-state index contributed by atoms with van der Waals surface area (Å²) < 4.78 is 5.60.